The highest BCUT2D eigenvalue weighted by Crippen LogP contribution is 2.25. The van der Waals surface area contributed by atoms with Crippen LogP contribution in [-0.4, -0.2) is 23.5 Å². The quantitative estimate of drug-likeness (QED) is 0.464. The van der Waals surface area contributed by atoms with Gasteiger partial charge < -0.3 is 5.32 Å². The van der Waals surface area contributed by atoms with Gasteiger partial charge in [0.15, 0.2) is 0 Å². The van der Waals surface area contributed by atoms with Gasteiger partial charge in [0.25, 0.3) is 5.69 Å². The molecule has 0 aliphatic rings. The number of nitro groups is 1. The Kier molecular flexibility index (Phi) is 5.98. The maximum Gasteiger partial charge on any atom is 0.272 e. The Morgan fingerprint density at radius 2 is 2.00 bits per heavy atom. The lowest BCUT2D eigenvalue weighted by molar-refractivity contribution is -0.385. The lowest BCUT2D eigenvalue weighted by Crippen LogP contribution is -2.04. The second-order valence-corrected chi connectivity index (χ2v) is 5.32. The molecule has 0 heterocycles. The molecule has 18 heavy (non-hydrogen) atoms. The molecule has 0 amide bonds. The van der Waals surface area contributed by atoms with Crippen molar-refractivity contribution in [3.8, 4) is 0 Å². The van der Waals surface area contributed by atoms with E-state index in [0.717, 1.165) is 24.2 Å². The molecule has 0 aromatic heterocycles. The molecule has 0 fully saturated rings. The highest BCUT2D eigenvalue weighted by atomic mass is 32.2. The monoisotopic (exact) mass is 268 g/mol. The van der Waals surface area contributed by atoms with Crippen LogP contribution in [0.3, 0.4) is 0 Å². The zero-order valence-electron chi connectivity index (χ0n) is 11.2. The van der Waals surface area contributed by atoms with Gasteiger partial charge in [-0.2, -0.15) is 11.8 Å². The van der Waals surface area contributed by atoms with Crippen LogP contribution in [0, 0.1) is 24.0 Å². The fraction of sp³-hybridized carbons (Fsp3) is 0.538. The molecule has 0 saturated heterocycles. The first-order valence-corrected chi connectivity index (χ1v) is 7.44. The number of hydrogen-bond donors (Lipinski definition) is 1. The summed E-state index contributed by atoms with van der Waals surface area (Å²) < 4.78 is 0. The summed E-state index contributed by atoms with van der Waals surface area (Å²) in [6, 6.07) is 3.50. The Hall–Kier alpha value is -1.23. The van der Waals surface area contributed by atoms with E-state index in [1.807, 2.05) is 24.8 Å². The number of rotatable bonds is 7. The van der Waals surface area contributed by atoms with E-state index in [1.54, 1.807) is 13.0 Å². The van der Waals surface area contributed by atoms with Gasteiger partial charge in [0, 0.05) is 23.9 Å². The summed E-state index contributed by atoms with van der Waals surface area (Å²) >= 11 is 1.86. The third-order valence-electron chi connectivity index (χ3n) is 2.83. The second kappa shape index (κ2) is 7.26. The fourth-order valence-electron chi connectivity index (χ4n) is 1.78. The largest absolute Gasteiger partial charge is 0.385 e. The van der Waals surface area contributed by atoms with Crippen molar-refractivity contribution in [3.63, 3.8) is 0 Å². The van der Waals surface area contributed by atoms with Crippen LogP contribution in [-0.2, 0) is 0 Å². The fourth-order valence-corrected chi connectivity index (χ4v) is 2.28. The van der Waals surface area contributed by atoms with E-state index in [2.05, 4.69) is 11.6 Å². The maximum absolute atomic E-state index is 10.8. The number of benzene rings is 1. The van der Waals surface area contributed by atoms with Crippen molar-refractivity contribution in [1.29, 1.82) is 0 Å². The zero-order chi connectivity index (χ0) is 13.5. The van der Waals surface area contributed by atoms with Crippen molar-refractivity contribution in [2.24, 2.45) is 0 Å². The third-order valence-corrected chi connectivity index (χ3v) is 3.53. The van der Waals surface area contributed by atoms with E-state index >= 15 is 0 Å². The van der Waals surface area contributed by atoms with Crippen LogP contribution < -0.4 is 5.32 Å². The van der Waals surface area contributed by atoms with Crippen LogP contribution in [0.1, 0.15) is 24.0 Å². The summed E-state index contributed by atoms with van der Waals surface area (Å²) in [5.41, 5.74) is 2.83. The van der Waals surface area contributed by atoms with Crippen molar-refractivity contribution >= 4 is 23.1 Å². The number of anilines is 1. The van der Waals surface area contributed by atoms with Gasteiger partial charge in [0.1, 0.15) is 0 Å². The molecule has 5 heteroatoms. The van der Waals surface area contributed by atoms with Gasteiger partial charge in [-0.1, -0.05) is 0 Å². The van der Waals surface area contributed by atoms with E-state index in [-0.39, 0.29) is 10.6 Å². The molecule has 0 radical (unpaired) electrons. The molecular formula is C13H20N2O2S. The van der Waals surface area contributed by atoms with Gasteiger partial charge in [-0.15, -0.1) is 0 Å². The van der Waals surface area contributed by atoms with Crippen LogP contribution in [0.5, 0.6) is 0 Å². The number of aryl methyl sites for hydroxylation is 2. The predicted molar refractivity (Wildman–Crippen MR) is 78.7 cm³/mol. The molecule has 0 bridgehead atoms. The topological polar surface area (TPSA) is 55.2 Å². The summed E-state index contributed by atoms with van der Waals surface area (Å²) in [4.78, 5) is 10.5. The van der Waals surface area contributed by atoms with Crippen LogP contribution in [0.4, 0.5) is 11.4 Å². The molecule has 1 rings (SSSR count). The van der Waals surface area contributed by atoms with E-state index in [4.69, 9.17) is 0 Å². The molecule has 4 nitrogen and oxygen atoms in total. The lowest BCUT2D eigenvalue weighted by Gasteiger charge is -2.10. The van der Waals surface area contributed by atoms with Gasteiger partial charge in [-0.25, -0.2) is 0 Å². The SMILES string of the molecule is CSCCCCNc1cc(C)c([N+](=O)[O-])cc1C. The first-order chi connectivity index (χ1) is 8.56. The molecule has 0 aliphatic carbocycles. The summed E-state index contributed by atoms with van der Waals surface area (Å²) in [6.45, 7) is 4.59. The summed E-state index contributed by atoms with van der Waals surface area (Å²) in [6.07, 6.45) is 4.42. The molecular weight excluding hydrogens is 248 g/mol. The summed E-state index contributed by atoms with van der Waals surface area (Å²) in [7, 11) is 0. The second-order valence-electron chi connectivity index (χ2n) is 4.34. The van der Waals surface area contributed by atoms with E-state index in [0.29, 0.717) is 5.56 Å². The number of nitrogens with zero attached hydrogens (tertiary/aromatic N) is 1. The zero-order valence-corrected chi connectivity index (χ0v) is 12.0. The summed E-state index contributed by atoms with van der Waals surface area (Å²) in [5.74, 6) is 1.18. The molecule has 0 saturated carbocycles. The van der Waals surface area contributed by atoms with Crippen LogP contribution >= 0.6 is 11.8 Å². The molecule has 100 valence electrons. The minimum atomic E-state index is -0.329. The molecule has 0 aliphatic heterocycles. The highest BCUT2D eigenvalue weighted by molar-refractivity contribution is 7.98. The van der Waals surface area contributed by atoms with Gasteiger partial charge in [0.2, 0.25) is 0 Å². The van der Waals surface area contributed by atoms with Crippen molar-refractivity contribution in [2.75, 3.05) is 23.9 Å². The van der Waals surface area contributed by atoms with Crippen molar-refractivity contribution in [1.82, 2.24) is 0 Å². The van der Waals surface area contributed by atoms with Crippen molar-refractivity contribution < 1.29 is 4.92 Å². The van der Waals surface area contributed by atoms with Crippen LogP contribution in [0.2, 0.25) is 0 Å². The average molecular weight is 268 g/mol. The molecule has 1 aromatic carbocycles. The van der Waals surface area contributed by atoms with Crippen molar-refractivity contribution in [3.05, 3.63) is 33.4 Å². The number of hydrogen-bond acceptors (Lipinski definition) is 4. The first-order valence-electron chi connectivity index (χ1n) is 6.04. The summed E-state index contributed by atoms with van der Waals surface area (Å²) in [5, 5.41) is 14.1. The van der Waals surface area contributed by atoms with E-state index < -0.39 is 0 Å². The van der Waals surface area contributed by atoms with Gasteiger partial charge in [-0.3, -0.25) is 10.1 Å². The Morgan fingerprint density at radius 3 is 2.61 bits per heavy atom. The Labute approximate surface area is 112 Å². The molecule has 0 atom stereocenters. The molecule has 0 unspecified atom stereocenters. The smallest absolute Gasteiger partial charge is 0.272 e. The van der Waals surface area contributed by atoms with Gasteiger partial charge in [-0.05, 0) is 50.3 Å². The number of nitrogens with one attached hydrogen (secondary N) is 1. The standard InChI is InChI=1S/C13H20N2O2S/c1-10-9-13(15(16)17)11(2)8-12(10)14-6-4-5-7-18-3/h8-9,14H,4-7H2,1-3H3. The predicted octanol–water partition coefficient (Wildman–Crippen LogP) is 3.77. The van der Waals surface area contributed by atoms with Gasteiger partial charge >= 0.3 is 0 Å². The van der Waals surface area contributed by atoms with E-state index in [9.17, 15) is 10.1 Å². The van der Waals surface area contributed by atoms with E-state index in [1.165, 1.54) is 12.2 Å². The first kappa shape index (κ1) is 14.8. The van der Waals surface area contributed by atoms with Crippen molar-refractivity contribution in [2.45, 2.75) is 26.7 Å². The number of thioether (sulfide) groups is 1. The Balaban J connectivity index is 2.62. The molecule has 0 spiro atoms. The normalized spacial score (nSPS) is 10.4. The average Bonchev–Trinajstić information content (AvgIpc) is 2.32. The van der Waals surface area contributed by atoms with Gasteiger partial charge in [0.05, 0.1) is 4.92 Å². The molecule has 1 aromatic rings. The van der Waals surface area contributed by atoms with Crippen LogP contribution in [0.25, 0.3) is 0 Å². The minimum absolute atomic E-state index is 0.195. The maximum atomic E-state index is 10.8. The molecule has 1 N–H and O–H groups in total. The Bertz CT molecular complexity index is 422. The Morgan fingerprint density at radius 1 is 1.28 bits per heavy atom. The lowest BCUT2D eigenvalue weighted by atomic mass is 10.1. The number of unbranched alkanes of at least 4 members (excludes halogenated alkanes) is 1. The highest BCUT2D eigenvalue weighted by Gasteiger charge is 2.12. The minimum Gasteiger partial charge on any atom is -0.385 e. The number of nitro benzene ring substituents is 1. The third kappa shape index (κ3) is 4.22. The van der Waals surface area contributed by atoms with Crippen LogP contribution in [0.15, 0.2) is 12.1 Å².